The molecule has 1 unspecified atom stereocenters. The first-order chi connectivity index (χ1) is 16.5. The first kappa shape index (κ1) is 25.6. The molecule has 2 aromatic heterocycles. The Bertz CT molecular complexity index is 1390. The fourth-order valence-corrected chi connectivity index (χ4v) is 7.82. The van der Waals surface area contributed by atoms with Gasteiger partial charge in [-0.05, 0) is 34.2 Å². The lowest BCUT2D eigenvalue weighted by Gasteiger charge is -2.51. The van der Waals surface area contributed by atoms with Crippen molar-refractivity contribution in [2.75, 3.05) is 5.12 Å². The molecule has 1 aromatic carbocycles. The molecule has 1 atom stereocenters. The predicted octanol–water partition coefficient (Wildman–Crippen LogP) is 4.59. The summed E-state index contributed by atoms with van der Waals surface area (Å²) in [6.07, 6.45) is 0. The molecule has 35 heavy (non-hydrogen) atoms. The van der Waals surface area contributed by atoms with E-state index in [2.05, 4.69) is 0 Å². The number of β-lactam (4-membered cyclic amide) rings is 1. The van der Waals surface area contributed by atoms with Crippen LogP contribution in [-0.2, 0) is 14.4 Å². The summed E-state index contributed by atoms with van der Waals surface area (Å²) in [7, 11) is 0.511. The smallest absolute Gasteiger partial charge is 0.268 e. The number of halogens is 3. The number of amides is 1. The van der Waals surface area contributed by atoms with E-state index < -0.39 is 51.6 Å². The van der Waals surface area contributed by atoms with Gasteiger partial charge in [0.2, 0.25) is 11.4 Å². The van der Waals surface area contributed by atoms with E-state index in [1.165, 1.54) is 16.5 Å². The van der Waals surface area contributed by atoms with Crippen LogP contribution >= 0.6 is 48.9 Å². The lowest BCUT2D eigenvalue weighted by molar-refractivity contribution is -0.525. The second-order valence-corrected chi connectivity index (χ2v) is 12.9. The summed E-state index contributed by atoms with van der Waals surface area (Å²) in [5.41, 5.74) is -0.893. The van der Waals surface area contributed by atoms with Gasteiger partial charge in [-0.1, -0.05) is 52.8 Å². The Morgan fingerprint density at radius 2 is 1.77 bits per heavy atom. The molecule has 10 nitrogen and oxygen atoms in total. The van der Waals surface area contributed by atoms with Gasteiger partial charge in [0, 0.05) is 10.7 Å². The summed E-state index contributed by atoms with van der Waals surface area (Å²) >= 11 is 18.6. The second-order valence-electron chi connectivity index (χ2n) is 7.54. The zero-order valence-electron chi connectivity index (χ0n) is 17.9. The Hall–Kier alpha value is -2.48. The maximum atomic E-state index is 12.8. The van der Waals surface area contributed by atoms with Crippen LogP contribution in [0.4, 0.5) is 5.82 Å². The first-order valence-electron chi connectivity index (χ1n) is 9.82. The van der Waals surface area contributed by atoms with Crippen molar-refractivity contribution in [3.05, 3.63) is 52.6 Å². The van der Waals surface area contributed by atoms with Gasteiger partial charge in [-0.3, -0.25) is 18.8 Å². The number of fused-ring (bicyclic) bond motifs is 1. The SMILES string of the molecule is CC(=O)C1(C(C)=O)C(Cl)C(=O)N1N(c1c(O)ccc2c(P(Cl)Cl)pc(-c3ccccc3)n12)[N+](=O)[O-]. The Balaban J connectivity index is 2.10. The molecule has 3 heterocycles. The number of carbonyl (C=O) groups excluding carboxylic acids is 3. The van der Waals surface area contributed by atoms with E-state index in [-0.39, 0.29) is 5.12 Å². The molecule has 0 radical (unpaired) electrons. The summed E-state index contributed by atoms with van der Waals surface area (Å²) in [4.78, 5) is 50.5. The molecule has 0 aliphatic carbocycles. The highest BCUT2D eigenvalue weighted by molar-refractivity contribution is 8.12. The molecule has 0 saturated carbocycles. The third-order valence-corrected chi connectivity index (χ3v) is 10.4. The summed E-state index contributed by atoms with van der Waals surface area (Å²) in [6.45, 7) is 0.327. The Labute approximate surface area is 215 Å². The standard InChI is InChI=1S/C20H15Cl3N4O6P2/c1-10(28)20(11(2)29)15(21)17(31)25(20)26(27(32)33)16-14(30)9-8-13-19(35(22)23)34-18(24(13)16)12-6-4-3-5-7-12/h3-9,15,30H,1-2H3. The monoisotopic (exact) mass is 574 g/mol. The minimum Gasteiger partial charge on any atom is -0.504 e. The number of rotatable bonds is 7. The summed E-state index contributed by atoms with van der Waals surface area (Å²) in [5.74, 6) is -3.88. The molecule has 1 aliphatic rings. The molecule has 1 fully saturated rings. The van der Waals surface area contributed by atoms with Crippen LogP contribution in [0, 0.1) is 10.1 Å². The van der Waals surface area contributed by atoms with Gasteiger partial charge in [-0.25, -0.2) is 10.1 Å². The number of nitro groups is 1. The minimum atomic E-state index is -2.33. The third kappa shape index (κ3) is 3.67. The van der Waals surface area contributed by atoms with Crippen LogP contribution in [-0.4, -0.2) is 47.9 Å². The molecule has 1 saturated heterocycles. The minimum absolute atomic E-state index is 0.189. The molecule has 1 aliphatic heterocycles. The maximum Gasteiger partial charge on any atom is 0.268 e. The van der Waals surface area contributed by atoms with Crippen molar-refractivity contribution in [1.29, 1.82) is 0 Å². The fourth-order valence-electron chi connectivity index (χ4n) is 4.12. The van der Waals surface area contributed by atoms with E-state index in [0.717, 1.165) is 13.8 Å². The van der Waals surface area contributed by atoms with Gasteiger partial charge < -0.3 is 5.11 Å². The number of pyridine rings is 1. The first-order valence-corrected chi connectivity index (χ1v) is 14.3. The number of anilines is 1. The van der Waals surface area contributed by atoms with Crippen LogP contribution < -0.4 is 10.2 Å². The number of aromatic hydroxyl groups is 1. The van der Waals surface area contributed by atoms with Crippen LogP contribution in [0.1, 0.15) is 13.8 Å². The molecule has 4 rings (SSSR count). The van der Waals surface area contributed by atoms with E-state index >= 15 is 0 Å². The average Bonchev–Trinajstić information content (AvgIpc) is 3.19. The molecule has 3 aromatic rings. The van der Waals surface area contributed by atoms with Gasteiger partial charge in [-0.15, -0.1) is 11.6 Å². The topological polar surface area (TPSA) is 125 Å². The number of nitrogens with zero attached hydrogens (tertiary/aromatic N) is 4. The van der Waals surface area contributed by atoms with Crippen molar-refractivity contribution < 1.29 is 24.5 Å². The van der Waals surface area contributed by atoms with Gasteiger partial charge in [0.05, 0.1) is 16.0 Å². The lowest BCUT2D eigenvalue weighted by Crippen LogP contribution is -2.83. The highest BCUT2D eigenvalue weighted by atomic mass is 35.9. The van der Waals surface area contributed by atoms with Gasteiger partial charge in [0.25, 0.3) is 5.91 Å². The third-order valence-electron chi connectivity index (χ3n) is 5.66. The second kappa shape index (κ2) is 9.19. The van der Waals surface area contributed by atoms with Gasteiger partial charge in [0.15, 0.2) is 27.7 Å². The predicted molar refractivity (Wildman–Crippen MR) is 135 cm³/mol. The molecule has 0 spiro atoms. The molecule has 0 bridgehead atoms. The van der Waals surface area contributed by atoms with E-state index in [4.69, 9.17) is 34.1 Å². The highest BCUT2D eigenvalue weighted by Crippen LogP contribution is 2.53. The van der Waals surface area contributed by atoms with Crippen molar-refractivity contribution >= 4 is 82.7 Å². The number of hydrogen-bond donors (Lipinski definition) is 1. The van der Waals surface area contributed by atoms with E-state index in [1.54, 1.807) is 30.3 Å². The summed E-state index contributed by atoms with van der Waals surface area (Å²) < 4.78 is 1.34. The van der Waals surface area contributed by atoms with Gasteiger partial charge in [-0.2, -0.15) is 5.01 Å². The number of alkyl halides is 1. The number of hydrogen-bond acceptors (Lipinski definition) is 6. The molecule has 1 N–H and O–H groups in total. The van der Waals surface area contributed by atoms with Crippen LogP contribution in [0.5, 0.6) is 5.75 Å². The van der Waals surface area contributed by atoms with Crippen LogP contribution in [0.25, 0.3) is 16.5 Å². The van der Waals surface area contributed by atoms with Gasteiger partial charge in [0.1, 0.15) is 6.63 Å². The fraction of sp³-hybridized carbons (Fsp3) is 0.200. The van der Waals surface area contributed by atoms with Gasteiger partial charge >= 0.3 is 0 Å². The molecular formula is C20H15Cl3N4O6P2. The lowest BCUT2D eigenvalue weighted by atomic mass is 9.78. The molecule has 15 heteroatoms. The van der Waals surface area contributed by atoms with Crippen LogP contribution in [0.2, 0.25) is 0 Å². The Morgan fingerprint density at radius 3 is 2.29 bits per heavy atom. The van der Waals surface area contributed by atoms with Crippen molar-refractivity contribution in [2.45, 2.75) is 24.8 Å². The van der Waals surface area contributed by atoms with E-state index in [9.17, 15) is 29.6 Å². The Morgan fingerprint density at radius 1 is 1.17 bits per heavy atom. The number of aromatic nitrogens is 1. The van der Waals surface area contributed by atoms with Crippen LogP contribution in [0.15, 0.2) is 42.5 Å². The number of Topliss-reactive ketones (excluding diaryl/α,β-unsaturated/α-hetero) is 2. The molecular weight excluding hydrogens is 561 g/mol. The maximum absolute atomic E-state index is 12.8. The summed E-state index contributed by atoms with van der Waals surface area (Å²) in [5, 5.41) is 21.7. The van der Waals surface area contributed by atoms with Crippen LogP contribution in [0.3, 0.4) is 0 Å². The summed E-state index contributed by atoms with van der Waals surface area (Å²) in [6, 6.07) is 11.4. The molecule has 1 amide bonds. The zero-order chi connectivity index (χ0) is 25.8. The van der Waals surface area contributed by atoms with E-state index in [0.29, 0.717) is 34.7 Å². The number of carbonyl (C=O) groups is 3. The number of hydrazine groups is 2. The normalized spacial score (nSPS) is 17.1. The van der Waals surface area contributed by atoms with E-state index in [1.807, 2.05) is 0 Å². The van der Waals surface area contributed by atoms with Crippen molar-refractivity contribution in [3.8, 4) is 16.7 Å². The number of benzene rings is 1. The Kier molecular flexibility index (Phi) is 6.72. The largest absolute Gasteiger partial charge is 0.504 e. The zero-order valence-corrected chi connectivity index (χ0v) is 22.0. The average molecular weight is 576 g/mol. The number of ketones is 2. The highest BCUT2D eigenvalue weighted by Gasteiger charge is 2.71. The molecule has 182 valence electrons. The van der Waals surface area contributed by atoms with Crippen molar-refractivity contribution in [3.63, 3.8) is 0 Å². The quantitative estimate of drug-likeness (QED) is 0.109. The van der Waals surface area contributed by atoms with Crippen molar-refractivity contribution in [2.24, 2.45) is 0 Å². The van der Waals surface area contributed by atoms with Crippen molar-refractivity contribution in [1.82, 2.24) is 9.41 Å².